The maximum atomic E-state index is 13.3. The summed E-state index contributed by atoms with van der Waals surface area (Å²) >= 11 is 0. The molecule has 2 N–H and O–H groups in total. The van der Waals surface area contributed by atoms with E-state index in [0.29, 0.717) is 0 Å². The summed E-state index contributed by atoms with van der Waals surface area (Å²) in [7, 11) is 0. The molecule has 2 nitrogen and oxygen atoms in total. The Hall–Kier alpha value is -1.09. The van der Waals surface area contributed by atoms with E-state index < -0.39 is 0 Å². The number of nitrogens with two attached hydrogens (primary N) is 1. The van der Waals surface area contributed by atoms with Gasteiger partial charge in [0.1, 0.15) is 5.82 Å². The van der Waals surface area contributed by atoms with Gasteiger partial charge in [0.25, 0.3) is 0 Å². The van der Waals surface area contributed by atoms with Crippen LogP contribution in [0.15, 0.2) is 18.2 Å². The van der Waals surface area contributed by atoms with Crippen molar-refractivity contribution in [3.63, 3.8) is 0 Å². The fourth-order valence-corrected chi connectivity index (χ4v) is 2.56. The molecule has 1 aromatic rings. The highest BCUT2D eigenvalue weighted by atomic mass is 19.1. The molecule has 0 unspecified atom stereocenters. The van der Waals surface area contributed by atoms with Gasteiger partial charge in [-0.15, -0.1) is 0 Å². The lowest BCUT2D eigenvalue weighted by Gasteiger charge is -2.34. The summed E-state index contributed by atoms with van der Waals surface area (Å²) in [5.74, 6) is 0.599. The Morgan fingerprint density at radius 3 is 2.67 bits per heavy atom. The van der Waals surface area contributed by atoms with Crippen molar-refractivity contribution < 1.29 is 4.39 Å². The maximum Gasteiger partial charge on any atom is 0.123 e. The molecule has 1 aromatic carbocycles. The van der Waals surface area contributed by atoms with Gasteiger partial charge < -0.3 is 10.6 Å². The molecule has 2 rings (SSSR count). The standard InChI is InChI=1S/C15H23FN2/c1-3-18(10-12-5-4-6-12)15-8-7-13(16)9-14(15)11(2)17/h7-9,11-12H,3-6,10,17H2,1-2H3/t11-/m1/s1. The van der Waals surface area contributed by atoms with Gasteiger partial charge in [-0.3, -0.25) is 0 Å². The Bertz CT molecular complexity index is 399. The number of benzene rings is 1. The van der Waals surface area contributed by atoms with Crippen molar-refractivity contribution >= 4 is 5.69 Å². The predicted octanol–water partition coefficient (Wildman–Crippen LogP) is 3.47. The van der Waals surface area contributed by atoms with Crippen molar-refractivity contribution in [1.29, 1.82) is 0 Å². The molecule has 1 aliphatic rings. The summed E-state index contributed by atoms with van der Waals surface area (Å²) in [5.41, 5.74) is 7.97. The van der Waals surface area contributed by atoms with Gasteiger partial charge in [-0.1, -0.05) is 6.42 Å². The number of nitrogens with zero attached hydrogens (tertiary/aromatic N) is 1. The summed E-state index contributed by atoms with van der Waals surface area (Å²) < 4.78 is 13.3. The van der Waals surface area contributed by atoms with Gasteiger partial charge in [0, 0.05) is 24.8 Å². The molecular weight excluding hydrogens is 227 g/mol. The average molecular weight is 250 g/mol. The summed E-state index contributed by atoms with van der Waals surface area (Å²) in [6.07, 6.45) is 4.00. The van der Waals surface area contributed by atoms with Crippen LogP contribution in [-0.2, 0) is 0 Å². The normalized spacial score (nSPS) is 17.3. The van der Waals surface area contributed by atoms with Crippen molar-refractivity contribution in [2.45, 2.75) is 39.2 Å². The van der Waals surface area contributed by atoms with Crippen LogP contribution in [0.1, 0.15) is 44.7 Å². The first kappa shape index (κ1) is 13.3. The lowest BCUT2D eigenvalue weighted by atomic mass is 9.85. The highest BCUT2D eigenvalue weighted by Crippen LogP contribution is 2.31. The van der Waals surface area contributed by atoms with Crippen molar-refractivity contribution in [3.8, 4) is 0 Å². The topological polar surface area (TPSA) is 29.3 Å². The molecule has 0 saturated heterocycles. The highest BCUT2D eigenvalue weighted by Gasteiger charge is 2.22. The molecule has 0 radical (unpaired) electrons. The first-order valence-corrected chi connectivity index (χ1v) is 6.91. The molecule has 0 bridgehead atoms. The zero-order valence-electron chi connectivity index (χ0n) is 11.3. The van der Waals surface area contributed by atoms with Crippen LogP contribution in [0.4, 0.5) is 10.1 Å². The van der Waals surface area contributed by atoms with Crippen LogP contribution in [0.25, 0.3) is 0 Å². The third-order valence-corrected chi connectivity index (χ3v) is 3.91. The van der Waals surface area contributed by atoms with Crippen molar-refractivity contribution in [2.75, 3.05) is 18.0 Å². The van der Waals surface area contributed by atoms with Gasteiger partial charge >= 0.3 is 0 Å². The van der Waals surface area contributed by atoms with Crippen molar-refractivity contribution in [3.05, 3.63) is 29.6 Å². The number of anilines is 1. The smallest absolute Gasteiger partial charge is 0.123 e. The summed E-state index contributed by atoms with van der Waals surface area (Å²) in [5, 5.41) is 0. The van der Waals surface area contributed by atoms with E-state index in [9.17, 15) is 4.39 Å². The van der Waals surface area contributed by atoms with E-state index in [1.54, 1.807) is 6.07 Å². The summed E-state index contributed by atoms with van der Waals surface area (Å²) in [6.45, 7) is 6.08. The van der Waals surface area contributed by atoms with Crippen LogP contribution in [-0.4, -0.2) is 13.1 Å². The second kappa shape index (κ2) is 5.70. The van der Waals surface area contributed by atoms with Crippen LogP contribution in [0, 0.1) is 11.7 Å². The minimum Gasteiger partial charge on any atom is -0.371 e. The Balaban J connectivity index is 2.22. The largest absolute Gasteiger partial charge is 0.371 e. The second-order valence-corrected chi connectivity index (χ2v) is 5.33. The van der Waals surface area contributed by atoms with Crippen LogP contribution < -0.4 is 10.6 Å². The van der Waals surface area contributed by atoms with Gasteiger partial charge in [-0.05, 0) is 56.4 Å². The van der Waals surface area contributed by atoms with Gasteiger partial charge in [-0.2, -0.15) is 0 Å². The minimum atomic E-state index is -0.203. The van der Waals surface area contributed by atoms with Crippen molar-refractivity contribution in [1.82, 2.24) is 0 Å². The lowest BCUT2D eigenvalue weighted by Crippen LogP contribution is -2.33. The van der Waals surface area contributed by atoms with Crippen molar-refractivity contribution in [2.24, 2.45) is 11.7 Å². The van der Waals surface area contributed by atoms with E-state index in [0.717, 1.165) is 30.3 Å². The quantitative estimate of drug-likeness (QED) is 0.867. The van der Waals surface area contributed by atoms with Crippen LogP contribution in [0.5, 0.6) is 0 Å². The number of rotatable bonds is 5. The molecule has 1 aliphatic carbocycles. The Kier molecular flexibility index (Phi) is 4.23. The predicted molar refractivity (Wildman–Crippen MR) is 74.2 cm³/mol. The molecule has 0 aromatic heterocycles. The zero-order chi connectivity index (χ0) is 13.1. The Labute approximate surface area is 109 Å². The third-order valence-electron chi connectivity index (χ3n) is 3.91. The van der Waals surface area contributed by atoms with E-state index in [2.05, 4.69) is 11.8 Å². The van der Waals surface area contributed by atoms with Crippen LogP contribution in [0.3, 0.4) is 0 Å². The molecule has 1 saturated carbocycles. The van der Waals surface area contributed by atoms with Gasteiger partial charge in [0.05, 0.1) is 0 Å². The zero-order valence-corrected chi connectivity index (χ0v) is 11.3. The number of hydrogen-bond acceptors (Lipinski definition) is 2. The molecule has 0 aliphatic heterocycles. The number of halogens is 1. The minimum absolute atomic E-state index is 0.133. The second-order valence-electron chi connectivity index (χ2n) is 5.33. The van der Waals surface area contributed by atoms with Gasteiger partial charge in [0.15, 0.2) is 0 Å². The molecule has 100 valence electrons. The highest BCUT2D eigenvalue weighted by molar-refractivity contribution is 5.55. The van der Waals surface area contributed by atoms with Crippen LogP contribution in [0.2, 0.25) is 0 Å². The summed E-state index contributed by atoms with van der Waals surface area (Å²) in [6, 6.07) is 4.84. The molecule has 0 amide bonds. The molecule has 1 atom stereocenters. The first-order chi connectivity index (χ1) is 8.61. The van der Waals surface area contributed by atoms with E-state index >= 15 is 0 Å². The Morgan fingerprint density at radius 1 is 1.44 bits per heavy atom. The van der Waals surface area contributed by atoms with E-state index in [-0.39, 0.29) is 11.9 Å². The number of hydrogen-bond donors (Lipinski definition) is 1. The van der Waals surface area contributed by atoms with E-state index in [4.69, 9.17) is 5.73 Å². The first-order valence-electron chi connectivity index (χ1n) is 6.91. The molecule has 18 heavy (non-hydrogen) atoms. The Morgan fingerprint density at radius 2 is 2.17 bits per heavy atom. The van der Waals surface area contributed by atoms with Gasteiger partial charge in [0.2, 0.25) is 0 Å². The van der Waals surface area contributed by atoms with E-state index in [1.165, 1.54) is 25.3 Å². The fourth-order valence-electron chi connectivity index (χ4n) is 2.56. The molecule has 1 fully saturated rings. The monoisotopic (exact) mass is 250 g/mol. The summed E-state index contributed by atoms with van der Waals surface area (Å²) in [4.78, 5) is 2.34. The van der Waals surface area contributed by atoms with Gasteiger partial charge in [-0.25, -0.2) is 4.39 Å². The molecule has 3 heteroatoms. The molecule has 0 spiro atoms. The van der Waals surface area contributed by atoms with Crippen LogP contribution >= 0.6 is 0 Å². The van der Waals surface area contributed by atoms with E-state index in [1.807, 2.05) is 13.0 Å². The third kappa shape index (κ3) is 2.83. The fraction of sp³-hybridized carbons (Fsp3) is 0.600. The molecular formula is C15H23FN2. The maximum absolute atomic E-state index is 13.3. The lowest BCUT2D eigenvalue weighted by molar-refractivity contribution is 0.318. The SMILES string of the molecule is CCN(CC1CCC1)c1ccc(F)cc1[C@@H](C)N. The molecule has 0 heterocycles. The average Bonchev–Trinajstić information content (AvgIpc) is 2.28.